The van der Waals surface area contributed by atoms with E-state index < -0.39 is 15.9 Å². The maximum atomic E-state index is 12.8. The molecule has 0 saturated carbocycles. The van der Waals surface area contributed by atoms with Gasteiger partial charge in [-0.3, -0.25) is 9.89 Å². The van der Waals surface area contributed by atoms with Gasteiger partial charge in [0.25, 0.3) is 5.91 Å². The van der Waals surface area contributed by atoms with Crippen molar-refractivity contribution in [3.8, 4) is 17.0 Å². The van der Waals surface area contributed by atoms with E-state index >= 15 is 0 Å². The number of benzene rings is 2. The highest BCUT2D eigenvalue weighted by Crippen LogP contribution is 2.31. The lowest BCUT2D eigenvalue weighted by molar-refractivity contribution is 0.102. The number of hydrogen-bond donors (Lipinski definition) is 3. The molecule has 10 heteroatoms. The van der Waals surface area contributed by atoms with Crippen LogP contribution in [0.3, 0.4) is 0 Å². The number of amides is 1. The first-order valence-corrected chi connectivity index (χ1v) is 12.0. The molecule has 0 radical (unpaired) electrons. The zero-order chi connectivity index (χ0) is 22.9. The molecule has 1 saturated heterocycles. The topological polar surface area (TPSA) is 115 Å². The second-order valence-electron chi connectivity index (χ2n) is 7.89. The quantitative estimate of drug-likeness (QED) is 0.514. The lowest BCUT2D eigenvalue weighted by Gasteiger charge is -2.29. The molecule has 168 valence electrons. The Bertz CT molecular complexity index is 1230. The Balaban J connectivity index is 1.45. The number of aromatic amines is 1. The summed E-state index contributed by atoms with van der Waals surface area (Å²) in [6, 6.07) is 12.1. The Morgan fingerprint density at radius 3 is 2.53 bits per heavy atom. The largest absolute Gasteiger partial charge is 0.507 e. The van der Waals surface area contributed by atoms with E-state index in [1.54, 1.807) is 24.3 Å². The number of nitrogens with zero attached hydrogens (tertiary/aromatic N) is 2. The van der Waals surface area contributed by atoms with Crippen LogP contribution in [0, 0.1) is 5.92 Å². The van der Waals surface area contributed by atoms with Crippen molar-refractivity contribution in [1.29, 1.82) is 0 Å². The van der Waals surface area contributed by atoms with E-state index in [-0.39, 0.29) is 16.3 Å². The average molecular weight is 475 g/mol. The fraction of sp³-hybridized carbons (Fsp3) is 0.273. The van der Waals surface area contributed by atoms with Crippen molar-refractivity contribution >= 4 is 33.2 Å². The molecule has 1 aromatic heterocycles. The number of H-pyrrole nitrogens is 1. The number of rotatable bonds is 5. The fourth-order valence-electron chi connectivity index (χ4n) is 3.57. The van der Waals surface area contributed by atoms with Crippen molar-refractivity contribution in [1.82, 2.24) is 14.5 Å². The molecule has 0 atom stereocenters. The predicted octanol–water partition coefficient (Wildman–Crippen LogP) is 4.11. The van der Waals surface area contributed by atoms with Crippen LogP contribution in [-0.4, -0.2) is 47.0 Å². The summed E-state index contributed by atoms with van der Waals surface area (Å²) < 4.78 is 27.2. The SMILES string of the molecule is CC1CCN(S(=O)(=O)c2ccc(NC(=O)c3cc(-c4cc(Cl)ccc4O)n[nH]3)cc2)CC1. The molecule has 3 aromatic rings. The van der Waals surface area contributed by atoms with Gasteiger partial charge in [-0.25, -0.2) is 8.42 Å². The van der Waals surface area contributed by atoms with Crippen molar-refractivity contribution in [2.75, 3.05) is 18.4 Å². The first-order chi connectivity index (χ1) is 15.2. The molecule has 0 spiro atoms. The molecule has 1 amide bonds. The van der Waals surface area contributed by atoms with Crippen LogP contribution in [0.5, 0.6) is 5.75 Å². The third-order valence-electron chi connectivity index (χ3n) is 5.55. The molecule has 2 aromatic carbocycles. The number of piperidine rings is 1. The monoisotopic (exact) mass is 474 g/mol. The van der Waals surface area contributed by atoms with Crippen molar-refractivity contribution < 1.29 is 18.3 Å². The van der Waals surface area contributed by atoms with E-state index in [9.17, 15) is 18.3 Å². The van der Waals surface area contributed by atoms with Crippen LogP contribution in [0.1, 0.15) is 30.3 Å². The van der Waals surface area contributed by atoms with Gasteiger partial charge in [0.15, 0.2) is 0 Å². The number of aromatic hydroxyl groups is 1. The number of aromatic nitrogens is 2. The van der Waals surface area contributed by atoms with Crippen LogP contribution in [0.2, 0.25) is 5.02 Å². The van der Waals surface area contributed by atoms with Gasteiger partial charge in [-0.2, -0.15) is 9.40 Å². The Hall–Kier alpha value is -2.88. The Morgan fingerprint density at radius 2 is 1.84 bits per heavy atom. The van der Waals surface area contributed by atoms with E-state index in [1.165, 1.54) is 28.6 Å². The maximum absolute atomic E-state index is 12.8. The number of phenolic OH excluding ortho intramolecular Hbond substituents is 1. The Labute approximate surface area is 191 Å². The third-order valence-corrected chi connectivity index (χ3v) is 7.70. The second-order valence-corrected chi connectivity index (χ2v) is 10.3. The number of carbonyl (C=O) groups excluding carboxylic acids is 1. The molecule has 3 N–H and O–H groups in total. The zero-order valence-electron chi connectivity index (χ0n) is 17.4. The molecule has 2 heterocycles. The highest BCUT2D eigenvalue weighted by Gasteiger charge is 2.28. The maximum Gasteiger partial charge on any atom is 0.273 e. The molecule has 0 unspecified atom stereocenters. The highest BCUT2D eigenvalue weighted by molar-refractivity contribution is 7.89. The Kier molecular flexibility index (Phi) is 6.23. The van der Waals surface area contributed by atoms with Gasteiger partial charge in [-0.1, -0.05) is 18.5 Å². The molecule has 0 aliphatic carbocycles. The summed E-state index contributed by atoms with van der Waals surface area (Å²) in [6.07, 6.45) is 1.71. The van der Waals surface area contributed by atoms with Gasteiger partial charge in [-0.15, -0.1) is 0 Å². The molecule has 0 bridgehead atoms. The first kappa shape index (κ1) is 22.3. The van der Waals surface area contributed by atoms with Gasteiger partial charge >= 0.3 is 0 Å². The first-order valence-electron chi connectivity index (χ1n) is 10.2. The van der Waals surface area contributed by atoms with Crippen LogP contribution >= 0.6 is 11.6 Å². The number of hydrogen-bond acceptors (Lipinski definition) is 5. The minimum Gasteiger partial charge on any atom is -0.507 e. The van der Waals surface area contributed by atoms with Crippen LogP contribution in [0.4, 0.5) is 5.69 Å². The zero-order valence-corrected chi connectivity index (χ0v) is 18.9. The van der Waals surface area contributed by atoms with Gasteiger partial charge in [0.2, 0.25) is 10.0 Å². The summed E-state index contributed by atoms with van der Waals surface area (Å²) in [5, 5.41) is 19.8. The van der Waals surface area contributed by atoms with E-state index in [2.05, 4.69) is 22.4 Å². The molecule has 1 aliphatic heterocycles. The lowest BCUT2D eigenvalue weighted by Crippen LogP contribution is -2.37. The molecular formula is C22H23ClN4O4S. The van der Waals surface area contributed by atoms with Crippen LogP contribution in [0.15, 0.2) is 53.4 Å². The molecule has 1 aliphatic rings. The highest BCUT2D eigenvalue weighted by atomic mass is 35.5. The minimum atomic E-state index is -3.55. The third kappa shape index (κ3) is 4.64. The number of halogens is 1. The number of sulfonamides is 1. The van der Waals surface area contributed by atoms with E-state index in [4.69, 9.17) is 11.6 Å². The second kappa shape index (κ2) is 8.93. The van der Waals surface area contributed by atoms with Gasteiger partial charge < -0.3 is 10.4 Å². The molecule has 8 nitrogen and oxygen atoms in total. The van der Waals surface area contributed by atoms with Crippen molar-refractivity contribution in [2.45, 2.75) is 24.7 Å². The molecule has 1 fully saturated rings. The van der Waals surface area contributed by atoms with Gasteiger partial charge in [0.05, 0.1) is 10.6 Å². The Morgan fingerprint density at radius 1 is 1.16 bits per heavy atom. The lowest BCUT2D eigenvalue weighted by atomic mass is 10.0. The summed E-state index contributed by atoms with van der Waals surface area (Å²) in [7, 11) is -3.55. The summed E-state index contributed by atoms with van der Waals surface area (Å²) in [4.78, 5) is 12.8. The van der Waals surface area contributed by atoms with Crippen molar-refractivity contribution in [3.05, 3.63) is 59.2 Å². The number of anilines is 1. The van der Waals surface area contributed by atoms with Crippen LogP contribution < -0.4 is 5.32 Å². The number of carbonyl (C=O) groups is 1. The van der Waals surface area contributed by atoms with Crippen molar-refractivity contribution in [3.63, 3.8) is 0 Å². The smallest absolute Gasteiger partial charge is 0.273 e. The average Bonchev–Trinajstić information content (AvgIpc) is 3.26. The van der Waals surface area contributed by atoms with Gasteiger partial charge in [0, 0.05) is 29.4 Å². The molecule has 4 rings (SSSR count). The molecule has 32 heavy (non-hydrogen) atoms. The number of nitrogens with one attached hydrogen (secondary N) is 2. The standard InChI is InChI=1S/C22H23ClN4O4S/c1-14-8-10-27(11-9-14)32(30,31)17-5-3-16(4-6-17)24-22(29)20-13-19(25-26-20)18-12-15(23)2-7-21(18)28/h2-7,12-14,28H,8-11H2,1H3,(H,24,29)(H,25,26). The van der Waals surface area contributed by atoms with Crippen molar-refractivity contribution in [2.24, 2.45) is 5.92 Å². The van der Waals surface area contributed by atoms with E-state index in [0.717, 1.165) is 12.8 Å². The van der Waals surface area contributed by atoms with E-state index in [0.29, 0.717) is 41.0 Å². The number of phenols is 1. The summed E-state index contributed by atoms with van der Waals surface area (Å²) in [6.45, 7) is 3.17. The van der Waals surface area contributed by atoms with Crippen LogP contribution in [-0.2, 0) is 10.0 Å². The van der Waals surface area contributed by atoms with E-state index in [1.807, 2.05) is 0 Å². The molecular weight excluding hydrogens is 452 g/mol. The minimum absolute atomic E-state index is 0.00665. The summed E-state index contributed by atoms with van der Waals surface area (Å²) in [5.41, 5.74) is 1.39. The van der Waals surface area contributed by atoms with Crippen LogP contribution in [0.25, 0.3) is 11.3 Å². The predicted molar refractivity (Wildman–Crippen MR) is 122 cm³/mol. The summed E-state index contributed by atoms with van der Waals surface area (Å²) in [5.74, 6) is 0.0728. The van der Waals surface area contributed by atoms with Gasteiger partial charge in [-0.05, 0) is 67.3 Å². The fourth-order valence-corrected chi connectivity index (χ4v) is 5.21. The van der Waals surface area contributed by atoms with Gasteiger partial charge in [0.1, 0.15) is 11.4 Å². The summed E-state index contributed by atoms with van der Waals surface area (Å²) >= 11 is 5.97. The normalized spacial score (nSPS) is 15.6.